The quantitative estimate of drug-likeness (QED) is 0.409. The number of rotatable bonds is 8. The summed E-state index contributed by atoms with van der Waals surface area (Å²) in [6.07, 6.45) is 1.50. The molecule has 0 bridgehead atoms. The van der Waals surface area contributed by atoms with Crippen LogP contribution in [-0.4, -0.2) is 24.2 Å². The van der Waals surface area contributed by atoms with Gasteiger partial charge in [0.15, 0.2) is 0 Å². The fraction of sp³-hybridized carbons (Fsp3) is 0.500. The lowest BCUT2D eigenvalue weighted by Gasteiger charge is -2.25. The van der Waals surface area contributed by atoms with Crippen molar-refractivity contribution in [1.29, 1.82) is 0 Å². The minimum Gasteiger partial charge on any atom is -0.331 e. The summed E-state index contributed by atoms with van der Waals surface area (Å²) in [4.78, 5) is 12.4. The van der Waals surface area contributed by atoms with Gasteiger partial charge in [0.05, 0.1) is 13.2 Å². The Morgan fingerprint density at radius 3 is 2.00 bits per heavy atom. The lowest BCUT2D eigenvalue weighted by atomic mass is 10.1. The Hall–Kier alpha value is -0.610. The lowest BCUT2D eigenvalue weighted by molar-refractivity contribution is -0.146. The van der Waals surface area contributed by atoms with Gasteiger partial charge >= 0.3 is 5.25 Å². The molecule has 0 spiro atoms. The van der Waals surface area contributed by atoms with Gasteiger partial charge in [0.25, 0.3) is 0 Å². The molecule has 0 fully saturated rings. The maximum atomic E-state index is 12.4. The summed E-state index contributed by atoms with van der Waals surface area (Å²) < 4.78 is 10.8. The predicted octanol–water partition coefficient (Wildman–Crippen LogP) is 4.27. The van der Waals surface area contributed by atoms with Crippen LogP contribution < -0.4 is 0 Å². The number of benzene rings is 1. The van der Waals surface area contributed by atoms with Gasteiger partial charge < -0.3 is 9.47 Å². The van der Waals surface area contributed by atoms with Crippen molar-refractivity contribution < 1.29 is 14.3 Å². The Labute approximate surface area is 123 Å². The molecule has 5 heteroatoms. The summed E-state index contributed by atoms with van der Waals surface area (Å²) in [5.41, 5.74) is 0.409. The Morgan fingerprint density at radius 2 is 1.58 bits per heavy atom. The summed E-state index contributed by atoms with van der Waals surface area (Å²) in [6.45, 7) is 4.58. The average Bonchev–Trinajstić information content (AvgIpc) is 2.43. The molecule has 0 saturated carbocycles. The Kier molecular flexibility index (Phi) is 6.80. The van der Waals surface area contributed by atoms with Crippen LogP contribution in [-0.2, 0) is 9.47 Å². The van der Waals surface area contributed by atoms with Crippen molar-refractivity contribution >= 4 is 29.0 Å². The minimum atomic E-state index is -1.75. The molecule has 0 atom stereocenters. The summed E-state index contributed by atoms with van der Waals surface area (Å²) in [5.74, 6) is -0.410. The van der Waals surface area contributed by atoms with Gasteiger partial charge in [-0.15, -0.1) is 0 Å². The van der Waals surface area contributed by atoms with Gasteiger partial charge in [0, 0.05) is 10.6 Å². The highest BCUT2D eigenvalue weighted by Crippen LogP contribution is 2.26. The molecule has 0 aromatic heterocycles. The van der Waals surface area contributed by atoms with Crippen molar-refractivity contribution in [2.45, 2.75) is 31.9 Å². The van der Waals surface area contributed by atoms with Crippen LogP contribution in [0.25, 0.3) is 0 Å². The Balaban J connectivity index is 2.89. The largest absolute Gasteiger partial charge is 0.331 e. The number of hydrogen-bond acceptors (Lipinski definition) is 3. The minimum absolute atomic E-state index is 0.354. The molecule has 0 aliphatic rings. The molecule has 1 aromatic rings. The zero-order chi connectivity index (χ0) is 14.3. The molecule has 0 aliphatic carbocycles. The van der Waals surface area contributed by atoms with E-state index in [1.807, 2.05) is 13.8 Å². The second-order valence-electron chi connectivity index (χ2n) is 4.07. The Morgan fingerprint density at radius 1 is 1.11 bits per heavy atom. The first kappa shape index (κ1) is 16.4. The molecule has 0 saturated heterocycles. The molecule has 0 heterocycles. The number of carbonyl (C=O) groups is 1. The number of alkyl halides is 1. The number of halogens is 2. The predicted molar refractivity (Wildman–Crippen MR) is 76.9 cm³/mol. The molecule has 0 amide bonds. The van der Waals surface area contributed by atoms with E-state index in [9.17, 15) is 4.79 Å². The van der Waals surface area contributed by atoms with Crippen molar-refractivity contribution in [3.8, 4) is 0 Å². The van der Waals surface area contributed by atoms with Crippen molar-refractivity contribution in [1.82, 2.24) is 0 Å². The molecular weight excluding hydrogens is 287 g/mol. The van der Waals surface area contributed by atoms with E-state index in [-0.39, 0.29) is 0 Å². The zero-order valence-corrected chi connectivity index (χ0v) is 12.6. The van der Waals surface area contributed by atoms with Crippen LogP contribution in [0.1, 0.15) is 37.0 Å². The first-order valence-electron chi connectivity index (χ1n) is 6.30. The van der Waals surface area contributed by atoms with Gasteiger partial charge in [-0.25, -0.2) is 0 Å². The van der Waals surface area contributed by atoms with Crippen molar-refractivity contribution in [2.75, 3.05) is 13.2 Å². The topological polar surface area (TPSA) is 35.5 Å². The third-order valence-electron chi connectivity index (χ3n) is 2.36. The van der Waals surface area contributed by atoms with Gasteiger partial charge in [0.1, 0.15) is 0 Å². The number of Topliss-reactive ketones (excluding diaryl/α,β-unsaturated/α-hetero) is 1. The van der Waals surface area contributed by atoms with E-state index in [4.69, 9.17) is 32.7 Å². The molecule has 0 radical (unpaired) electrons. The van der Waals surface area contributed by atoms with Gasteiger partial charge in [-0.2, -0.15) is 0 Å². The Bertz CT molecular complexity index is 396. The molecule has 19 heavy (non-hydrogen) atoms. The van der Waals surface area contributed by atoms with E-state index >= 15 is 0 Å². The van der Waals surface area contributed by atoms with Crippen LogP contribution in [0.4, 0.5) is 0 Å². The zero-order valence-electron chi connectivity index (χ0n) is 11.1. The molecule has 0 aliphatic heterocycles. The van der Waals surface area contributed by atoms with E-state index in [1.54, 1.807) is 24.3 Å². The monoisotopic (exact) mass is 304 g/mol. The van der Waals surface area contributed by atoms with Gasteiger partial charge in [-0.1, -0.05) is 25.4 Å². The summed E-state index contributed by atoms with van der Waals surface area (Å²) in [5, 5.41) is -1.19. The highest BCUT2D eigenvalue weighted by molar-refractivity contribution is 6.35. The third kappa shape index (κ3) is 4.77. The van der Waals surface area contributed by atoms with Gasteiger partial charge in [-0.05, 0) is 48.7 Å². The fourth-order valence-electron chi connectivity index (χ4n) is 1.41. The van der Waals surface area contributed by atoms with E-state index in [1.165, 1.54) is 0 Å². The maximum absolute atomic E-state index is 12.4. The van der Waals surface area contributed by atoms with Crippen LogP contribution in [0.15, 0.2) is 24.3 Å². The van der Waals surface area contributed by atoms with E-state index in [0.717, 1.165) is 12.8 Å². The molecule has 1 rings (SSSR count). The molecule has 0 unspecified atom stereocenters. The van der Waals surface area contributed by atoms with Gasteiger partial charge in [-0.3, -0.25) is 4.79 Å². The SMILES string of the molecule is CCCOC(Cl)(OCCC)C(=O)c1ccc(Cl)cc1. The van der Waals surface area contributed by atoms with Crippen molar-refractivity contribution in [2.24, 2.45) is 0 Å². The molecular formula is C14H18Cl2O3. The smallest absolute Gasteiger partial charge is 0.315 e. The highest BCUT2D eigenvalue weighted by atomic mass is 35.5. The van der Waals surface area contributed by atoms with Crippen LogP contribution in [0.3, 0.4) is 0 Å². The third-order valence-corrected chi connectivity index (χ3v) is 3.00. The normalized spacial score (nSPS) is 11.6. The number of carbonyl (C=O) groups excluding carboxylic acids is 1. The van der Waals surface area contributed by atoms with Crippen LogP contribution in [0.2, 0.25) is 5.02 Å². The molecule has 1 aromatic carbocycles. The average molecular weight is 305 g/mol. The van der Waals surface area contributed by atoms with E-state index in [0.29, 0.717) is 23.8 Å². The maximum Gasteiger partial charge on any atom is 0.315 e. The van der Waals surface area contributed by atoms with Gasteiger partial charge in [0.2, 0.25) is 5.78 Å². The van der Waals surface area contributed by atoms with Crippen molar-refractivity contribution in [3.05, 3.63) is 34.9 Å². The second kappa shape index (κ2) is 7.85. The van der Waals surface area contributed by atoms with E-state index < -0.39 is 11.0 Å². The van der Waals surface area contributed by atoms with Crippen LogP contribution in [0, 0.1) is 0 Å². The standard InChI is InChI=1S/C14H18Cl2O3/c1-3-9-18-14(16,19-10-4-2)13(17)11-5-7-12(15)8-6-11/h5-8H,3-4,9-10H2,1-2H3. The second-order valence-corrected chi connectivity index (χ2v) is 5.00. The number of ether oxygens (including phenoxy) is 2. The summed E-state index contributed by atoms with van der Waals surface area (Å²) in [7, 11) is 0. The molecule has 106 valence electrons. The first-order chi connectivity index (χ1) is 9.03. The first-order valence-corrected chi connectivity index (χ1v) is 7.06. The highest BCUT2D eigenvalue weighted by Gasteiger charge is 2.39. The van der Waals surface area contributed by atoms with Crippen LogP contribution in [0.5, 0.6) is 0 Å². The fourth-order valence-corrected chi connectivity index (χ4v) is 1.80. The van der Waals surface area contributed by atoms with E-state index in [2.05, 4.69) is 0 Å². The van der Waals surface area contributed by atoms with Crippen molar-refractivity contribution in [3.63, 3.8) is 0 Å². The number of hydrogen-bond donors (Lipinski definition) is 0. The summed E-state index contributed by atoms with van der Waals surface area (Å²) >= 11 is 12.0. The van der Waals surface area contributed by atoms with Crippen LogP contribution >= 0.6 is 23.2 Å². The lowest BCUT2D eigenvalue weighted by Crippen LogP contribution is -2.39. The molecule has 3 nitrogen and oxygen atoms in total. The number of ketones is 1. The molecule has 0 N–H and O–H groups in total. The summed E-state index contributed by atoms with van der Waals surface area (Å²) in [6, 6.07) is 6.47.